The molecule has 1 atom stereocenters. The van der Waals surface area contributed by atoms with Crippen molar-refractivity contribution in [1.82, 2.24) is 21.1 Å². The van der Waals surface area contributed by atoms with Crippen LogP contribution in [0.15, 0.2) is 48.5 Å². The molecule has 3 N–H and O–H groups in total. The number of hydrogen-bond donors (Lipinski definition) is 3. The molecule has 0 aliphatic carbocycles. The second-order valence-electron chi connectivity index (χ2n) is 7.13. The molecule has 1 heterocycles. The van der Waals surface area contributed by atoms with Crippen molar-refractivity contribution in [2.75, 3.05) is 6.54 Å². The number of benzene rings is 2. The standard InChI is InChI=1S/C21H22N4O4/c1-13-9-10-16(14(2)11-13)18(27)24-23-17(26)12-25-19(28)21(3,22-20(25)29)15-7-5-4-6-8-15/h4-11H,12H2,1-3H3,(H,22,29)(H,23,26)(H,24,27)/t21-/m1/s1. The Kier molecular flexibility index (Phi) is 5.36. The van der Waals surface area contributed by atoms with Crippen molar-refractivity contribution in [3.05, 3.63) is 70.8 Å². The van der Waals surface area contributed by atoms with Gasteiger partial charge in [-0.2, -0.15) is 0 Å². The minimum Gasteiger partial charge on any atom is -0.319 e. The number of imide groups is 1. The van der Waals surface area contributed by atoms with Gasteiger partial charge in [0.25, 0.3) is 17.7 Å². The number of carbonyl (C=O) groups is 4. The van der Waals surface area contributed by atoms with Gasteiger partial charge in [0, 0.05) is 5.56 Å². The highest BCUT2D eigenvalue weighted by Crippen LogP contribution is 2.28. The first-order valence-electron chi connectivity index (χ1n) is 9.08. The van der Waals surface area contributed by atoms with E-state index < -0.39 is 35.8 Å². The van der Waals surface area contributed by atoms with E-state index in [4.69, 9.17) is 0 Å². The Morgan fingerprint density at radius 3 is 2.38 bits per heavy atom. The van der Waals surface area contributed by atoms with Crippen molar-refractivity contribution in [1.29, 1.82) is 0 Å². The first kappa shape index (κ1) is 20.1. The second kappa shape index (κ2) is 7.75. The van der Waals surface area contributed by atoms with Crippen molar-refractivity contribution in [2.45, 2.75) is 26.3 Å². The molecule has 1 fully saturated rings. The van der Waals surface area contributed by atoms with Crippen LogP contribution in [0.4, 0.5) is 4.79 Å². The summed E-state index contributed by atoms with van der Waals surface area (Å²) in [5.41, 5.74) is 6.12. The summed E-state index contributed by atoms with van der Waals surface area (Å²) in [7, 11) is 0. The van der Waals surface area contributed by atoms with Crippen molar-refractivity contribution in [2.24, 2.45) is 0 Å². The van der Waals surface area contributed by atoms with Crippen LogP contribution in [0.3, 0.4) is 0 Å². The van der Waals surface area contributed by atoms with E-state index in [-0.39, 0.29) is 0 Å². The van der Waals surface area contributed by atoms with E-state index in [1.165, 1.54) is 0 Å². The molecule has 0 bridgehead atoms. The number of aryl methyl sites for hydroxylation is 2. The Morgan fingerprint density at radius 1 is 1.03 bits per heavy atom. The summed E-state index contributed by atoms with van der Waals surface area (Å²) in [5.74, 6) is -1.71. The summed E-state index contributed by atoms with van der Waals surface area (Å²) in [5, 5.41) is 2.63. The molecule has 29 heavy (non-hydrogen) atoms. The molecule has 150 valence electrons. The minimum atomic E-state index is -1.25. The smallest absolute Gasteiger partial charge is 0.319 e. The van der Waals surface area contributed by atoms with E-state index in [1.54, 1.807) is 56.3 Å². The predicted octanol–water partition coefficient (Wildman–Crippen LogP) is 1.53. The lowest BCUT2D eigenvalue weighted by Gasteiger charge is -2.22. The zero-order chi connectivity index (χ0) is 21.2. The number of amides is 5. The van der Waals surface area contributed by atoms with E-state index in [2.05, 4.69) is 16.2 Å². The molecule has 1 aliphatic rings. The fraction of sp³-hybridized carbons (Fsp3) is 0.238. The van der Waals surface area contributed by atoms with Gasteiger partial charge >= 0.3 is 6.03 Å². The van der Waals surface area contributed by atoms with E-state index in [9.17, 15) is 19.2 Å². The van der Waals surface area contributed by atoms with Crippen LogP contribution in [-0.4, -0.2) is 35.2 Å². The van der Waals surface area contributed by atoms with Gasteiger partial charge in [0.1, 0.15) is 12.1 Å². The quantitative estimate of drug-likeness (QED) is 0.540. The van der Waals surface area contributed by atoms with Gasteiger partial charge in [-0.1, -0.05) is 48.0 Å². The molecule has 2 aromatic carbocycles. The second-order valence-corrected chi connectivity index (χ2v) is 7.13. The van der Waals surface area contributed by atoms with Gasteiger partial charge in [-0.25, -0.2) is 4.79 Å². The molecule has 1 aliphatic heterocycles. The van der Waals surface area contributed by atoms with Gasteiger partial charge in [-0.15, -0.1) is 0 Å². The largest absolute Gasteiger partial charge is 0.325 e. The van der Waals surface area contributed by atoms with E-state index >= 15 is 0 Å². The Morgan fingerprint density at radius 2 is 1.72 bits per heavy atom. The van der Waals surface area contributed by atoms with E-state index in [0.29, 0.717) is 11.1 Å². The molecule has 8 heteroatoms. The lowest BCUT2D eigenvalue weighted by Crippen LogP contribution is -2.48. The van der Waals surface area contributed by atoms with Gasteiger partial charge in [-0.05, 0) is 38.0 Å². The average Bonchev–Trinajstić information content (AvgIpc) is 2.91. The van der Waals surface area contributed by atoms with Crippen molar-refractivity contribution < 1.29 is 19.2 Å². The van der Waals surface area contributed by atoms with Crippen LogP contribution in [-0.2, 0) is 15.1 Å². The van der Waals surface area contributed by atoms with E-state index in [1.807, 2.05) is 13.0 Å². The van der Waals surface area contributed by atoms with Crippen LogP contribution >= 0.6 is 0 Å². The molecule has 8 nitrogen and oxygen atoms in total. The topological polar surface area (TPSA) is 108 Å². The Balaban J connectivity index is 1.63. The third-order valence-corrected chi connectivity index (χ3v) is 4.87. The number of hydrazine groups is 1. The van der Waals surface area contributed by atoms with Crippen molar-refractivity contribution in [3.8, 4) is 0 Å². The van der Waals surface area contributed by atoms with Gasteiger partial charge < -0.3 is 5.32 Å². The summed E-state index contributed by atoms with van der Waals surface area (Å²) in [6.07, 6.45) is 0. The first-order chi connectivity index (χ1) is 13.7. The molecule has 3 rings (SSSR count). The number of carbonyl (C=O) groups excluding carboxylic acids is 4. The van der Waals surface area contributed by atoms with Crippen LogP contribution in [0.1, 0.15) is 34.0 Å². The van der Waals surface area contributed by atoms with Gasteiger partial charge in [0.2, 0.25) is 0 Å². The van der Waals surface area contributed by atoms with Crippen molar-refractivity contribution >= 4 is 23.8 Å². The highest BCUT2D eigenvalue weighted by molar-refractivity contribution is 6.09. The molecule has 0 aromatic heterocycles. The maximum Gasteiger partial charge on any atom is 0.325 e. The monoisotopic (exact) mass is 394 g/mol. The van der Waals surface area contributed by atoms with Crippen molar-refractivity contribution in [3.63, 3.8) is 0 Å². The third-order valence-electron chi connectivity index (χ3n) is 4.87. The molecule has 1 saturated heterocycles. The fourth-order valence-corrected chi connectivity index (χ4v) is 3.25. The zero-order valence-corrected chi connectivity index (χ0v) is 16.4. The Bertz CT molecular complexity index is 989. The first-order valence-corrected chi connectivity index (χ1v) is 9.08. The molecule has 0 spiro atoms. The number of urea groups is 1. The summed E-state index contributed by atoms with van der Waals surface area (Å²) >= 11 is 0. The molecule has 2 aromatic rings. The summed E-state index contributed by atoms with van der Waals surface area (Å²) in [6, 6.07) is 13.4. The van der Waals surface area contributed by atoms with Gasteiger partial charge in [-0.3, -0.25) is 30.1 Å². The number of hydrogen-bond acceptors (Lipinski definition) is 4. The lowest BCUT2D eigenvalue weighted by atomic mass is 9.92. The minimum absolute atomic E-state index is 0.419. The summed E-state index contributed by atoms with van der Waals surface area (Å²) in [6.45, 7) is 4.78. The molecule has 0 saturated carbocycles. The van der Waals surface area contributed by atoms with Crippen LogP contribution < -0.4 is 16.2 Å². The Hall–Kier alpha value is -3.68. The fourth-order valence-electron chi connectivity index (χ4n) is 3.25. The highest BCUT2D eigenvalue weighted by Gasteiger charge is 2.49. The average molecular weight is 394 g/mol. The lowest BCUT2D eigenvalue weighted by molar-refractivity contribution is -0.135. The normalized spacial score (nSPS) is 18.4. The highest BCUT2D eigenvalue weighted by atomic mass is 16.2. The van der Waals surface area contributed by atoms with E-state index in [0.717, 1.165) is 16.0 Å². The van der Waals surface area contributed by atoms with Crippen LogP contribution in [0.25, 0.3) is 0 Å². The van der Waals surface area contributed by atoms with Gasteiger partial charge in [0.15, 0.2) is 0 Å². The SMILES string of the molecule is Cc1ccc(C(=O)NNC(=O)CN2C(=O)N[C@](C)(c3ccccc3)C2=O)c(C)c1. The van der Waals surface area contributed by atoms with Crippen LogP contribution in [0.5, 0.6) is 0 Å². The summed E-state index contributed by atoms with van der Waals surface area (Å²) < 4.78 is 0. The summed E-state index contributed by atoms with van der Waals surface area (Å²) in [4.78, 5) is 50.3. The predicted molar refractivity (Wildman–Crippen MR) is 106 cm³/mol. The number of nitrogens with one attached hydrogen (secondary N) is 3. The third kappa shape index (κ3) is 3.96. The molecular formula is C21H22N4O4. The Labute approximate surface area is 168 Å². The molecule has 0 unspecified atom stereocenters. The van der Waals surface area contributed by atoms with Crippen LogP contribution in [0.2, 0.25) is 0 Å². The molecule has 5 amide bonds. The number of nitrogens with zero attached hydrogens (tertiary/aromatic N) is 1. The maximum absolute atomic E-state index is 12.8. The zero-order valence-electron chi connectivity index (χ0n) is 16.4. The van der Waals surface area contributed by atoms with Gasteiger partial charge in [0.05, 0.1) is 0 Å². The number of rotatable bonds is 4. The molecule has 0 radical (unpaired) electrons. The molecular weight excluding hydrogens is 372 g/mol. The van der Waals surface area contributed by atoms with Crippen LogP contribution in [0, 0.1) is 13.8 Å². The maximum atomic E-state index is 12.8.